The number of rotatable bonds is 10. The number of piperazine rings is 1. The van der Waals surface area contributed by atoms with Crippen molar-refractivity contribution in [3.63, 3.8) is 0 Å². The van der Waals surface area contributed by atoms with Crippen LogP contribution in [0.2, 0.25) is 5.02 Å². The number of carbonyl (C=O) groups excluding carboxylic acids is 2. The van der Waals surface area contributed by atoms with Crippen LogP contribution in [0.1, 0.15) is 29.3 Å². The maximum absolute atomic E-state index is 13.5. The monoisotopic (exact) mass is 559 g/mol. The van der Waals surface area contributed by atoms with Gasteiger partial charge in [0.2, 0.25) is 5.91 Å². The number of aromatic amines is 1. The van der Waals surface area contributed by atoms with Crippen LogP contribution in [0.15, 0.2) is 67.1 Å². The van der Waals surface area contributed by atoms with Gasteiger partial charge in [-0.05, 0) is 61.3 Å². The highest BCUT2D eigenvalue weighted by molar-refractivity contribution is 6.30. The van der Waals surface area contributed by atoms with E-state index >= 15 is 0 Å². The summed E-state index contributed by atoms with van der Waals surface area (Å²) in [6.45, 7) is 6.53. The number of anilines is 2. The molecule has 3 heterocycles. The molecule has 1 fully saturated rings. The zero-order valence-electron chi connectivity index (χ0n) is 22.6. The number of fused-ring (bicyclic) bond motifs is 1. The molecular weight excluding hydrogens is 526 g/mol. The van der Waals surface area contributed by atoms with Gasteiger partial charge in [0, 0.05) is 68.7 Å². The minimum atomic E-state index is -0.0954. The molecule has 2 N–H and O–H groups in total. The van der Waals surface area contributed by atoms with E-state index in [0.29, 0.717) is 37.6 Å². The Morgan fingerprint density at radius 2 is 1.88 bits per heavy atom. The standard InChI is InChI=1S/C30H34ClN7O2/c1-22(39)32-12-14-38(29-27-10-11-33-28(27)34-21-35-29)26-9-3-7-24(20-26)30(40)37-17-15-36(16-18-37)13-4-6-23-5-2-8-25(31)19-23/h2-3,5,7-11,19-21H,4,6,12-18H2,1H3,(H,32,39)(H,33,34,35). The molecule has 0 bridgehead atoms. The molecule has 0 radical (unpaired) electrons. The van der Waals surface area contributed by atoms with Crippen LogP contribution < -0.4 is 10.2 Å². The quantitative estimate of drug-likeness (QED) is 0.301. The predicted molar refractivity (Wildman–Crippen MR) is 158 cm³/mol. The number of aryl methyl sites for hydroxylation is 1. The van der Waals surface area contributed by atoms with E-state index in [2.05, 4.69) is 31.2 Å². The summed E-state index contributed by atoms with van der Waals surface area (Å²) in [7, 11) is 0. The lowest BCUT2D eigenvalue weighted by Crippen LogP contribution is -2.48. The van der Waals surface area contributed by atoms with Crippen molar-refractivity contribution >= 4 is 46.0 Å². The molecule has 0 atom stereocenters. The van der Waals surface area contributed by atoms with E-state index in [0.717, 1.165) is 54.2 Å². The first kappa shape index (κ1) is 27.6. The van der Waals surface area contributed by atoms with E-state index in [9.17, 15) is 9.59 Å². The molecule has 0 unspecified atom stereocenters. The Balaban J connectivity index is 1.23. The van der Waals surface area contributed by atoms with Crippen LogP contribution in [0.5, 0.6) is 0 Å². The Kier molecular flexibility index (Phi) is 8.93. The number of halogens is 1. The van der Waals surface area contributed by atoms with Crippen molar-refractivity contribution in [1.29, 1.82) is 0 Å². The Labute approximate surface area is 239 Å². The minimum Gasteiger partial charge on any atom is -0.355 e. The molecule has 2 aromatic carbocycles. The number of nitrogens with zero attached hydrogens (tertiary/aromatic N) is 5. The highest BCUT2D eigenvalue weighted by atomic mass is 35.5. The molecule has 2 amide bonds. The third-order valence-corrected chi connectivity index (χ3v) is 7.43. The third-order valence-electron chi connectivity index (χ3n) is 7.19. The molecule has 1 aliphatic rings. The number of hydrogen-bond acceptors (Lipinski definition) is 6. The molecule has 2 aromatic heterocycles. The van der Waals surface area contributed by atoms with Crippen molar-refractivity contribution in [2.75, 3.05) is 50.7 Å². The molecule has 40 heavy (non-hydrogen) atoms. The van der Waals surface area contributed by atoms with Gasteiger partial charge in [-0.3, -0.25) is 14.5 Å². The molecule has 0 saturated carbocycles. The van der Waals surface area contributed by atoms with Gasteiger partial charge < -0.3 is 20.1 Å². The van der Waals surface area contributed by atoms with Crippen LogP contribution in [0.25, 0.3) is 11.0 Å². The average Bonchev–Trinajstić information content (AvgIpc) is 3.45. The Morgan fingerprint density at radius 3 is 2.67 bits per heavy atom. The van der Waals surface area contributed by atoms with E-state index in [1.165, 1.54) is 18.8 Å². The van der Waals surface area contributed by atoms with Crippen LogP contribution in [0.3, 0.4) is 0 Å². The van der Waals surface area contributed by atoms with Gasteiger partial charge in [-0.25, -0.2) is 9.97 Å². The highest BCUT2D eigenvalue weighted by Crippen LogP contribution is 2.29. The normalized spacial score (nSPS) is 13.9. The van der Waals surface area contributed by atoms with Gasteiger partial charge >= 0.3 is 0 Å². The second-order valence-corrected chi connectivity index (χ2v) is 10.4. The summed E-state index contributed by atoms with van der Waals surface area (Å²) in [5, 5.41) is 4.51. The van der Waals surface area contributed by atoms with Gasteiger partial charge in [0.05, 0.1) is 5.39 Å². The van der Waals surface area contributed by atoms with Crippen LogP contribution in [-0.4, -0.2) is 82.4 Å². The number of hydrogen-bond donors (Lipinski definition) is 2. The summed E-state index contributed by atoms with van der Waals surface area (Å²) in [6, 6.07) is 17.6. The van der Waals surface area contributed by atoms with Crippen LogP contribution in [0, 0.1) is 0 Å². The van der Waals surface area contributed by atoms with E-state index < -0.39 is 0 Å². The summed E-state index contributed by atoms with van der Waals surface area (Å²) >= 11 is 6.11. The molecular formula is C30H34ClN7O2. The maximum Gasteiger partial charge on any atom is 0.254 e. The fourth-order valence-corrected chi connectivity index (χ4v) is 5.35. The van der Waals surface area contributed by atoms with E-state index in [4.69, 9.17) is 11.6 Å². The summed E-state index contributed by atoms with van der Waals surface area (Å²) < 4.78 is 0. The summed E-state index contributed by atoms with van der Waals surface area (Å²) in [5.74, 6) is 0.645. The van der Waals surface area contributed by atoms with Crippen molar-refractivity contribution < 1.29 is 9.59 Å². The maximum atomic E-state index is 13.5. The van der Waals surface area contributed by atoms with Gasteiger partial charge in [0.25, 0.3) is 5.91 Å². The summed E-state index contributed by atoms with van der Waals surface area (Å²) in [5.41, 5.74) is 3.45. The predicted octanol–water partition coefficient (Wildman–Crippen LogP) is 4.28. The number of aromatic nitrogens is 3. The molecule has 0 spiro atoms. The second kappa shape index (κ2) is 12.9. The lowest BCUT2D eigenvalue weighted by atomic mass is 10.1. The lowest BCUT2D eigenvalue weighted by molar-refractivity contribution is -0.118. The van der Waals surface area contributed by atoms with E-state index in [1.807, 2.05) is 64.5 Å². The topological polar surface area (TPSA) is 97.5 Å². The Morgan fingerprint density at radius 1 is 1.05 bits per heavy atom. The largest absolute Gasteiger partial charge is 0.355 e. The van der Waals surface area contributed by atoms with Crippen molar-refractivity contribution in [2.45, 2.75) is 19.8 Å². The molecule has 0 aliphatic carbocycles. The first-order chi connectivity index (χ1) is 19.5. The molecule has 10 heteroatoms. The SMILES string of the molecule is CC(=O)NCCN(c1cccc(C(=O)N2CCN(CCCc3cccc(Cl)c3)CC2)c1)c1ncnc2[nH]ccc12. The summed E-state index contributed by atoms with van der Waals surface area (Å²) in [4.78, 5) is 43.4. The average molecular weight is 560 g/mol. The van der Waals surface area contributed by atoms with Gasteiger partial charge in [0.1, 0.15) is 17.8 Å². The Bertz CT molecular complexity index is 1470. The summed E-state index contributed by atoms with van der Waals surface area (Å²) in [6.07, 6.45) is 5.39. The van der Waals surface area contributed by atoms with E-state index in [1.54, 1.807) is 0 Å². The van der Waals surface area contributed by atoms with Crippen molar-refractivity contribution in [1.82, 2.24) is 30.1 Å². The fraction of sp³-hybridized carbons (Fsp3) is 0.333. The number of benzene rings is 2. The zero-order valence-corrected chi connectivity index (χ0v) is 23.4. The highest BCUT2D eigenvalue weighted by Gasteiger charge is 2.23. The fourth-order valence-electron chi connectivity index (χ4n) is 5.14. The second-order valence-electron chi connectivity index (χ2n) is 9.99. The molecule has 1 saturated heterocycles. The first-order valence-corrected chi connectivity index (χ1v) is 14.0. The molecule has 5 rings (SSSR count). The van der Waals surface area contributed by atoms with Crippen LogP contribution >= 0.6 is 11.6 Å². The minimum absolute atomic E-state index is 0.0247. The number of carbonyl (C=O) groups is 2. The number of H-pyrrole nitrogens is 1. The Hall–Kier alpha value is -3.95. The number of nitrogens with one attached hydrogen (secondary N) is 2. The zero-order chi connectivity index (χ0) is 27.9. The van der Waals surface area contributed by atoms with Gasteiger partial charge in [-0.2, -0.15) is 0 Å². The van der Waals surface area contributed by atoms with Crippen LogP contribution in [-0.2, 0) is 11.2 Å². The molecule has 9 nitrogen and oxygen atoms in total. The first-order valence-electron chi connectivity index (χ1n) is 13.6. The molecule has 4 aromatic rings. The molecule has 208 valence electrons. The van der Waals surface area contributed by atoms with Gasteiger partial charge in [0.15, 0.2) is 0 Å². The molecule has 1 aliphatic heterocycles. The van der Waals surface area contributed by atoms with E-state index in [-0.39, 0.29) is 11.8 Å². The third kappa shape index (κ3) is 6.78. The lowest BCUT2D eigenvalue weighted by Gasteiger charge is -2.35. The van der Waals surface area contributed by atoms with Crippen molar-refractivity contribution in [3.05, 3.63) is 83.3 Å². The van der Waals surface area contributed by atoms with Gasteiger partial charge in [-0.15, -0.1) is 0 Å². The van der Waals surface area contributed by atoms with Crippen molar-refractivity contribution in [2.24, 2.45) is 0 Å². The number of amides is 2. The van der Waals surface area contributed by atoms with Crippen molar-refractivity contribution in [3.8, 4) is 0 Å². The van der Waals surface area contributed by atoms with Crippen LogP contribution in [0.4, 0.5) is 11.5 Å². The smallest absolute Gasteiger partial charge is 0.254 e. The van der Waals surface area contributed by atoms with Gasteiger partial charge in [-0.1, -0.05) is 29.8 Å².